The molecule has 1 aromatic carbocycles. The Kier molecular flexibility index (Phi) is 3.61. The summed E-state index contributed by atoms with van der Waals surface area (Å²) in [7, 11) is 0. The molecule has 0 aromatic heterocycles. The van der Waals surface area contributed by atoms with Crippen LogP contribution < -0.4 is 15.2 Å². The third kappa shape index (κ3) is 2.14. The molecule has 0 aliphatic carbocycles. The van der Waals surface area contributed by atoms with E-state index in [2.05, 4.69) is 29.8 Å². The molecule has 0 amide bonds. The molecule has 1 unspecified atom stereocenters. The Morgan fingerprint density at radius 3 is 2.65 bits per heavy atom. The summed E-state index contributed by atoms with van der Waals surface area (Å²) in [5.74, 6) is 1.72. The van der Waals surface area contributed by atoms with Gasteiger partial charge in [0.2, 0.25) is 6.79 Å². The number of hydrogen-bond donors (Lipinski definition) is 2. The van der Waals surface area contributed by atoms with Crippen molar-refractivity contribution in [3.63, 3.8) is 0 Å². The van der Waals surface area contributed by atoms with Crippen molar-refractivity contribution in [3.05, 3.63) is 21.7 Å². The van der Waals surface area contributed by atoms with Crippen molar-refractivity contribution in [3.8, 4) is 11.5 Å². The summed E-state index contributed by atoms with van der Waals surface area (Å²) in [4.78, 5) is 0. The smallest absolute Gasteiger partial charge is 0.231 e. The van der Waals surface area contributed by atoms with Crippen LogP contribution in [-0.2, 0) is 0 Å². The first-order valence-corrected chi connectivity index (χ1v) is 6.33. The van der Waals surface area contributed by atoms with Gasteiger partial charge in [-0.05, 0) is 33.5 Å². The lowest BCUT2D eigenvalue weighted by Crippen LogP contribution is -2.17. The summed E-state index contributed by atoms with van der Waals surface area (Å²) >= 11 is 3.44. The molecule has 0 saturated carbocycles. The molecule has 0 fully saturated rings. The third-order valence-electron chi connectivity index (χ3n) is 2.84. The number of aliphatic hydroxyl groups is 1. The van der Waals surface area contributed by atoms with Crippen LogP contribution in [0.1, 0.15) is 36.9 Å². The summed E-state index contributed by atoms with van der Waals surface area (Å²) in [5, 5.41) is 9.22. The van der Waals surface area contributed by atoms with Gasteiger partial charge >= 0.3 is 0 Å². The number of fused-ring (bicyclic) bond motifs is 1. The predicted molar refractivity (Wildman–Crippen MR) is 68.4 cm³/mol. The second kappa shape index (κ2) is 4.84. The molecule has 1 aromatic rings. The van der Waals surface area contributed by atoms with Crippen molar-refractivity contribution in [2.75, 3.05) is 13.4 Å². The van der Waals surface area contributed by atoms with Gasteiger partial charge in [-0.15, -0.1) is 0 Å². The topological polar surface area (TPSA) is 64.7 Å². The molecule has 94 valence electrons. The van der Waals surface area contributed by atoms with Crippen LogP contribution in [0.5, 0.6) is 11.5 Å². The summed E-state index contributed by atoms with van der Waals surface area (Å²) in [6.07, 6.45) is 0. The fourth-order valence-corrected chi connectivity index (χ4v) is 2.61. The summed E-state index contributed by atoms with van der Waals surface area (Å²) in [6, 6.07) is 1.50. The Morgan fingerprint density at radius 1 is 1.41 bits per heavy atom. The van der Waals surface area contributed by atoms with E-state index < -0.39 is 6.04 Å². The molecule has 1 aliphatic rings. The molecule has 0 bridgehead atoms. The zero-order valence-electron chi connectivity index (χ0n) is 9.87. The average molecular weight is 302 g/mol. The number of rotatable bonds is 3. The first kappa shape index (κ1) is 12.7. The Hall–Kier alpha value is -0.780. The van der Waals surface area contributed by atoms with Crippen molar-refractivity contribution in [1.82, 2.24) is 0 Å². The van der Waals surface area contributed by atoms with Gasteiger partial charge in [0, 0.05) is 5.56 Å². The first-order valence-electron chi connectivity index (χ1n) is 5.54. The van der Waals surface area contributed by atoms with Crippen LogP contribution in [0.25, 0.3) is 0 Å². The zero-order valence-corrected chi connectivity index (χ0v) is 11.5. The molecule has 3 N–H and O–H groups in total. The highest BCUT2D eigenvalue weighted by Crippen LogP contribution is 2.47. The minimum Gasteiger partial charge on any atom is -0.453 e. The van der Waals surface area contributed by atoms with Gasteiger partial charge in [-0.2, -0.15) is 0 Å². The fourth-order valence-electron chi connectivity index (χ4n) is 2.07. The van der Waals surface area contributed by atoms with Gasteiger partial charge in [-0.1, -0.05) is 13.8 Å². The number of ether oxygens (including phenoxy) is 2. The van der Waals surface area contributed by atoms with Gasteiger partial charge in [0.1, 0.15) is 0 Å². The van der Waals surface area contributed by atoms with E-state index in [9.17, 15) is 5.11 Å². The highest BCUT2D eigenvalue weighted by molar-refractivity contribution is 9.10. The third-order valence-corrected chi connectivity index (χ3v) is 3.43. The van der Waals surface area contributed by atoms with Crippen LogP contribution in [0, 0.1) is 0 Å². The van der Waals surface area contributed by atoms with E-state index in [1.165, 1.54) is 0 Å². The summed E-state index contributed by atoms with van der Waals surface area (Å²) in [6.45, 7) is 4.27. The van der Waals surface area contributed by atoms with Crippen molar-refractivity contribution in [1.29, 1.82) is 0 Å². The van der Waals surface area contributed by atoms with Crippen LogP contribution in [0.3, 0.4) is 0 Å². The Labute approximate surface area is 109 Å². The predicted octanol–water partition coefficient (Wildman–Crippen LogP) is 2.29. The van der Waals surface area contributed by atoms with Crippen LogP contribution in [0.15, 0.2) is 10.5 Å². The number of halogens is 1. The number of nitrogens with two attached hydrogens (primary N) is 1. The second-order valence-electron chi connectivity index (χ2n) is 4.37. The Balaban J connectivity index is 2.63. The molecule has 1 heterocycles. The number of aliphatic hydroxyl groups excluding tert-OH is 1. The maximum atomic E-state index is 9.22. The van der Waals surface area contributed by atoms with Crippen molar-refractivity contribution < 1.29 is 14.6 Å². The molecule has 1 atom stereocenters. The van der Waals surface area contributed by atoms with E-state index in [0.717, 1.165) is 27.1 Å². The van der Waals surface area contributed by atoms with E-state index in [0.29, 0.717) is 0 Å². The van der Waals surface area contributed by atoms with E-state index in [4.69, 9.17) is 15.2 Å². The molecule has 4 nitrogen and oxygen atoms in total. The zero-order chi connectivity index (χ0) is 12.6. The number of benzene rings is 1. The highest BCUT2D eigenvalue weighted by atomic mass is 79.9. The fraction of sp³-hybridized carbons (Fsp3) is 0.500. The molecule has 0 spiro atoms. The molecular weight excluding hydrogens is 286 g/mol. The molecule has 0 radical (unpaired) electrons. The van der Waals surface area contributed by atoms with Crippen molar-refractivity contribution in [2.45, 2.75) is 25.8 Å². The maximum Gasteiger partial charge on any atom is 0.231 e. The van der Waals surface area contributed by atoms with E-state index >= 15 is 0 Å². The monoisotopic (exact) mass is 301 g/mol. The normalized spacial score (nSPS) is 15.4. The largest absolute Gasteiger partial charge is 0.453 e. The molecule has 2 rings (SSSR count). The highest BCUT2D eigenvalue weighted by Gasteiger charge is 2.27. The average Bonchev–Trinajstić information content (AvgIpc) is 2.76. The molecule has 5 heteroatoms. The van der Waals surface area contributed by atoms with Crippen LogP contribution in [0.4, 0.5) is 0 Å². The van der Waals surface area contributed by atoms with Crippen LogP contribution in [0.2, 0.25) is 0 Å². The SMILES string of the molecule is CC(C)c1c(C(N)CO)cc(Br)c2c1OCO2. The van der Waals surface area contributed by atoms with Gasteiger partial charge in [-0.3, -0.25) is 0 Å². The lowest BCUT2D eigenvalue weighted by Gasteiger charge is -2.19. The van der Waals surface area contributed by atoms with Crippen molar-refractivity contribution in [2.24, 2.45) is 5.73 Å². The molecule has 17 heavy (non-hydrogen) atoms. The first-order chi connectivity index (χ1) is 8.06. The van der Waals surface area contributed by atoms with E-state index in [1.807, 2.05) is 6.07 Å². The van der Waals surface area contributed by atoms with Gasteiger partial charge in [0.05, 0.1) is 17.1 Å². The Morgan fingerprint density at radius 2 is 2.06 bits per heavy atom. The van der Waals surface area contributed by atoms with Crippen LogP contribution >= 0.6 is 15.9 Å². The summed E-state index contributed by atoms with van der Waals surface area (Å²) in [5.41, 5.74) is 7.85. The summed E-state index contributed by atoms with van der Waals surface area (Å²) < 4.78 is 11.7. The minimum absolute atomic E-state index is 0.0915. The lowest BCUT2D eigenvalue weighted by atomic mass is 9.92. The van der Waals surface area contributed by atoms with Gasteiger partial charge < -0.3 is 20.3 Å². The van der Waals surface area contributed by atoms with E-state index in [-0.39, 0.29) is 19.3 Å². The lowest BCUT2D eigenvalue weighted by molar-refractivity contribution is 0.172. The van der Waals surface area contributed by atoms with Gasteiger partial charge in [-0.25, -0.2) is 0 Å². The quantitative estimate of drug-likeness (QED) is 0.899. The van der Waals surface area contributed by atoms with Crippen LogP contribution in [-0.4, -0.2) is 18.5 Å². The maximum absolute atomic E-state index is 9.22. The standard InChI is InChI=1S/C12H16BrNO3/c1-6(2)10-7(9(14)4-15)3-8(13)11-12(10)17-5-16-11/h3,6,9,15H,4-5,14H2,1-2H3. The minimum atomic E-state index is -0.404. The van der Waals surface area contributed by atoms with Gasteiger partial charge in [0.15, 0.2) is 11.5 Å². The molecular formula is C12H16BrNO3. The van der Waals surface area contributed by atoms with E-state index in [1.54, 1.807) is 0 Å². The molecule has 0 saturated heterocycles. The van der Waals surface area contributed by atoms with Gasteiger partial charge in [0.25, 0.3) is 0 Å². The molecule has 1 aliphatic heterocycles. The Bertz CT molecular complexity index is 434. The second-order valence-corrected chi connectivity index (χ2v) is 5.22. The number of hydrogen-bond acceptors (Lipinski definition) is 4. The van der Waals surface area contributed by atoms with Crippen molar-refractivity contribution >= 4 is 15.9 Å².